The van der Waals surface area contributed by atoms with E-state index in [-0.39, 0.29) is 12.1 Å². The van der Waals surface area contributed by atoms with Crippen molar-refractivity contribution in [3.63, 3.8) is 0 Å². The molecule has 0 aromatic rings. The average molecular weight is 230 g/mol. The second-order valence-electron chi connectivity index (χ2n) is 4.83. The Hall–Kier alpha value is -0.160. The van der Waals surface area contributed by atoms with Gasteiger partial charge in [-0.25, -0.2) is 0 Å². The van der Waals surface area contributed by atoms with Crippen LogP contribution in [0, 0.1) is 0 Å². The van der Waals surface area contributed by atoms with E-state index >= 15 is 0 Å². The van der Waals surface area contributed by atoms with Gasteiger partial charge in [-0.3, -0.25) is 0 Å². The highest BCUT2D eigenvalue weighted by Gasteiger charge is 2.21. The van der Waals surface area contributed by atoms with Crippen LogP contribution in [-0.4, -0.2) is 62.6 Å². The van der Waals surface area contributed by atoms with Gasteiger partial charge in [0.15, 0.2) is 0 Å². The Morgan fingerprint density at radius 2 is 2.00 bits per heavy atom. The van der Waals surface area contributed by atoms with Crippen LogP contribution in [0.25, 0.3) is 0 Å². The fourth-order valence-corrected chi connectivity index (χ4v) is 2.02. The lowest BCUT2D eigenvalue weighted by Crippen LogP contribution is -2.43. The maximum atomic E-state index is 9.73. The summed E-state index contributed by atoms with van der Waals surface area (Å²) in [5, 5.41) is 13.1. The van der Waals surface area contributed by atoms with Crippen LogP contribution in [0.1, 0.15) is 25.7 Å². The van der Waals surface area contributed by atoms with E-state index in [1.54, 1.807) is 0 Å². The maximum Gasteiger partial charge on any atom is 0.0693 e. The van der Waals surface area contributed by atoms with Gasteiger partial charge in [-0.2, -0.15) is 0 Å². The molecule has 0 amide bonds. The monoisotopic (exact) mass is 230 g/mol. The molecule has 16 heavy (non-hydrogen) atoms. The first kappa shape index (κ1) is 13.9. The highest BCUT2D eigenvalue weighted by atomic mass is 16.5. The number of hydrogen-bond donors (Lipinski definition) is 2. The van der Waals surface area contributed by atoms with Crippen molar-refractivity contribution in [3.05, 3.63) is 0 Å². The quantitative estimate of drug-likeness (QED) is 0.624. The zero-order valence-electron chi connectivity index (χ0n) is 10.6. The van der Waals surface area contributed by atoms with E-state index in [9.17, 15) is 5.11 Å². The van der Waals surface area contributed by atoms with Gasteiger partial charge in [-0.05, 0) is 26.9 Å². The Morgan fingerprint density at radius 1 is 1.25 bits per heavy atom. The zero-order valence-corrected chi connectivity index (χ0v) is 10.6. The van der Waals surface area contributed by atoms with Crippen molar-refractivity contribution in [2.24, 2.45) is 0 Å². The molecule has 1 fully saturated rings. The predicted molar refractivity (Wildman–Crippen MR) is 65.6 cm³/mol. The van der Waals surface area contributed by atoms with Crippen molar-refractivity contribution >= 4 is 0 Å². The number of aliphatic hydroxyl groups is 1. The second kappa shape index (κ2) is 8.01. The Balaban J connectivity index is 1.94. The number of nitrogens with zero attached hydrogens (tertiary/aromatic N) is 1. The molecule has 96 valence electrons. The molecule has 2 N–H and O–H groups in total. The molecule has 4 heteroatoms. The highest BCUT2D eigenvalue weighted by molar-refractivity contribution is 4.79. The lowest BCUT2D eigenvalue weighted by molar-refractivity contribution is 0.0777. The van der Waals surface area contributed by atoms with Gasteiger partial charge in [-0.1, -0.05) is 12.8 Å². The summed E-state index contributed by atoms with van der Waals surface area (Å²) in [6, 6.07) is 0.284. The molecule has 2 atom stereocenters. The summed E-state index contributed by atoms with van der Waals surface area (Å²) in [4.78, 5) is 2.11. The van der Waals surface area contributed by atoms with Crippen molar-refractivity contribution < 1.29 is 9.84 Å². The summed E-state index contributed by atoms with van der Waals surface area (Å²) < 4.78 is 5.48. The number of nitrogens with one attached hydrogen (secondary N) is 1. The Bertz CT molecular complexity index is 176. The van der Waals surface area contributed by atoms with Gasteiger partial charge in [0, 0.05) is 19.1 Å². The maximum absolute atomic E-state index is 9.73. The summed E-state index contributed by atoms with van der Waals surface area (Å²) in [7, 11) is 4.08. The molecule has 0 radical (unpaired) electrons. The first-order chi connectivity index (χ1) is 7.70. The molecule has 1 rings (SSSR count). The van der Waals surface area contributed by atoms with Crippen LogP contribution in [0.4, 0.5) is 0 Å². The number of ether oxygens (including phenoxy) is 1. The van der Waals surface area contributed by atoms with Crippen molar-refractivity contribution in [2.75, 3.05) is 40.4 Å². The Morgan fingerprint density at radius 3 is 2.69 bits per heavy atom. The van der Waals surface area contributed by atoms with Crippen LogP contribution in [0.15, 0.2) is 0 Å². The molecule has 0 heterocycles. The van der Waals surface area contributed by atoms with Crippen molar-refractivity contribution in [3.8, 4) is 0 Å². The minimum Gasteiger partial charge on any atom is -0.392 e. The molecule has 0 aromatic carbocycles. The highest BCUT2D eigenvalue weighted by Crippen LogP contribution is 2.17. The zero-order chi connectivity index (χ0) is 11.8. The molecule has 0 bridgehead atoms. The molecule has 4 nitrogen and oxygen atoms in total. The molecular weight excluding hydrogens is 204 g/mol. The van der Waals surface area contributed by atoms with Gasteiger partial charge >= 0.3 is 0 Å². The van der Waals surface area contributed by atoms with E-state index in [0.29, 0.717) is 0 Å². The largest absolute Gasteiger partial charge is 0.392 e. The van der Waals surface area contributed by atoms with Gasteiger partial charge in [-0.15, -0.1) is 0 Å². The van der Waals surface area contributed by atoms with Crippen molar-refractivity contribution in [1.82, 2.24) is 10.2 Å². The minimum atomic E-state index is -0.157. The van der Waals surface area contributed by atoms with E-state index in [1.807, 2.05) is 14.1 Å². The summed E-state index contributed by atoms with van der Waals surface area (Å²) in [5.41, 5.74) is 0. The number of aliphatic hydroxyl groups excluding tert-OH is 1. The van der Waals surface area contributed by atoms with Crippen LogP contribution in [0.2, 0.25) is 0 Å². The summed E-state index contributed by atoms with van der Waals surface area (Å²) >= 11 is 0. The molecule has 1 aliphatic carbocycles. The normalized spacial score (nSPS) is 26.2. The van der Waals surface area contributed by atoms with Gasteiger partial charge < -0.3 is 20.1 Å². The fraction of sp³-hybridized carbons (Fsp3) is 1.00. The van der Waals surface area contributed by atoms with Crippen LogP contribution in [0.5, 0.6) is 0 Å². The van der Waals surface area contributed by atoms with Gasteiger partial charge in [0.05, 0.1) is 19.3 Å². The number of rotatable bonds is 7. The second-order valence-corrected chi connectivity index (χ2v) is 4.83. The summed E-state index contributed by atoms with van der Waals surface area (Å²) in [6.45, 7) is 3.32. The van der Waals surface area contributed by atoms with Crippen LogP contribution in [-0.2, 0) is 4.74 Å². The lowest BCUT2D eigenvalue weighted by Gasteiger charge is -2.28. The Kier molecular flexibility index (Phi) is 6.96. The topological polar surface area (TPSA) is 44.7 Å². The predicted octanol–water partition coefficient (Wildman–Crippen LogP) is 0.458. The van der Waals surface area contributed by atoms with E-state index in [0.717, 1.165) is 39.1 Å². The summed E-state index contributed by atoms with van der Waals surface area (Å²) in [5.74, 6) is 0. The SMILES string of the molecule is CN(C)CCOCCNC1CCCCC1O. The molecule has 0 aromatic heterocycles. The smallest absolute Gasteiger partial charge is 0.0693 e. The van der Waals surface area contributed by atoms with E-state index in [4.69, 9.17) is 4.74 Å². The summed E-state index contributed by atoms with van der Waals surface area (Å²) in [6.07, 6.45) is 4.28. The first-order valence-corrected chi connectivity index (χ1v) is 6.34. The molecular formula is C12H26N2O2. The van der Waals surface area contributed by atoms with Crippen molar-refractivity contribution in [1.29, 1.82) is 0 Å². The minimum absolute atomic E-state index is 0.157. The van der Waals surface area contributed by atoms with E-state index in [2.05, 4.69) is 10.2 Å². The van der Waals surface area contributed by atoms with Crippen LogP contribution >= 0.6 is 0 Å². The standard InChI is InChI=1S/C12H26N2O2/c1-14(2)8-10-16-9-7-13-11-5-3-4-6-12(11)15/h11-13,15H,3-10H2,1-2H3. The molecule has 1 saturated carbocycles. The van der Waals surface area contributed by atoms with Crippen LogP contribution < -0.4 is 5.32 Å². The fourth-order valence-electron chi connectivity index (χ4n) is 2.02. The number of likely N-dealkylation sites (N-methyl/N-ethyl adjacent to an activating group) is 1. The van der Waals surface area contributed by atoms with Crippen molar-refractivity contribution in [2.45, 2.75) is 37.8 Å². The van der Waals surface area contributed by atoms with Gasteiger partial charge in [0.1, 0.15) is 0 Å². The van der Waals surface area contributed by atoms with Gasteiger partial charge in [0.2, 0.25) is 0 Å². The third kappa shape index (κ3) is 5.80. The first-order valence-electron chi connectivity index (χ1n) is 6.34. The van der Waals surface area contributed by atoms with Gasteiger partial charge in [0.25, 0.3) is 0 Å². The molecule has 0 aliphatic heterocycles. The lowest BCUT2D eigenvalue weighted by atomic mass is 9.93. The third-order valence-corrected chi connectivity index (χ3v) is 3.07. The molecule has 0 saturated heterocycles. The Labute approximate surface area is 99.0 Å². The van der Waals surface area contributed by atoms with E-state index < -0.39 is 0 Å². The molecule has 2 unspecified atom stereocenters. The molecule has 1 aliphatic rings. The average Bonchev–Trinajstić information content (AvgIpc) is 2.25. The van der Waals surface area contributed by atoms with E-state index in [1.165, 1.54) is 12.8 Å². The molecule has 0 spiro atoms. The van der Waals surface area contributed by atoms with Crippen LogP contribution in [0.3, 0.4) is 0 Å². The third-order valence-electron chi connectivity index (χ3n) is 3.07. The number of hydrogen-bond acceptors (Lipinski definition) is 4.